The van der Waals surface area contributed by atoms with Gasteiger partial charge in [-0.1, -0.05) is 40.0 Å². The van der Waals surface area contributed by atoms with Gasteiger partial charge in [0.15, 0.2) is 0 Å². The molecule has 1 N–H and O–H groups in total. The Labute approximate surface area is 130 Å². The number of nitrogens with zero attached hydrogens (tertiary/aromatic N) is 2. The molecule has 3 heteroatoms. The molecule has 1 fully saturated rings. The van der Waals surface area contributed by atoms with E-state index in [1.54, 1.807) is 0 Å². The monoisotopic (exact) mass is 291 g/mol. The Kier molecular flexibility index (Phi) is 6.28. The van der Waals surface area contributed by atoms with Crippen LogP contribution in [-0.2, 0) is 7.05 Å². The second-order valence-corrected chi connectivity index (χ2v) is 7.28. The quantitative estimate of drug-likeness (QED) is 0.824. The first-order chi connectivity index (χ1) is 10.1. The lowest BCUT2D eigenvalue weighted by molar-refractivity contribution is 0.210. The van der Waals surface area contributed by atoms with Gasteiger partial charge in [0, 0.05) is 25.4 Å². The Bertz CT molecular complexity index is 410. The highest BCUT2D eigenvalue weighted by Gasteiger charge is 2.33. The lowest BCUT2D eigenvalue weighted by atomic mass is 9.72. The minimum Gasteiger partial charge on any atom is -0.338 e. The molecule has 3 atom stereocenters. The van der Waals surface area contributed by atoms with E-state index in [1.165, 1.54) is 37.9 Å². The molecule has 0 aromatic carbocycles. The number of aromatic nitrogens is 2. The van der Waals surface area contributed by atoms with Gasteiger partial charge in [0.25, 0.3) is 0 Å². The lowest BCUT2D eigenvalue weighted by Gasteiger charge is -2.36. The molecule has 2 rings (SSSR count). The summed E-state index contributed by atoms with van der Waals surface area (Å²) in [4.78, 5) is 4.66. The summed E-state index contributed by atoms with van der Waals surface area (Å²) in [5, 5.41) is 3.68. The third kappa shape index (κ3) is 4.57. The van der Waals surface area contributed by atoms with Gasteiger partial charge in [0.05, 0.1) is 0 Å². The normalized spacial score (nSPS) is 26.4. The number of aryl methyl sites for hydroxylation is 1. The molecule has 3 unspecified atom stereocenters. The van der Waals surface area contributed by atoms with Crippen LogP contribution in [0.5, 0.6) is 0 Å². The Balaban J connectivity index is 2.02. The number of rotatable bonds is 7. The minimum atomic E-state index is 0.634. The van der Waals surface area contributed by atoms with Crippen LogP contribution < -0.4 is 5.32 Å². The molecule has 0 aliphatic heterocycles. The summed E-state index contributed by atoms with van der Waals surface area (Å²) in [6, 6.07) is 0. The molecule has 1 saturated carbocycles. The Morgan fingerprint density at radius 3 is 2.81 bits per heavy atom. The average Bonchev–Trinajstić information content (AvgIpc) is 2.86. The van der Waals surface area contributed by atoms with Gasteiger partial charge < -0.3 is 9.88 Å². The van der Waals surface area contributed by atoms with Crippen molar-refractivity contribution in [3.05, 3.63) is 18.2 Å². The zero-order chi connectivity index (χ0) is 15.2. The summed E-state index contributed by atoms with van der Waals surface area (Å²) in [6.07, 6.45) is 10.8. The highest BCUT2D eigenvalue weighted by atomic mass is 15.0. The van der Waals surface area contributed by atoms with Crippen molar-refractivity contribution in [1.82, 2.24) is 14.9 Å². The van der Waals surface area contributed by atoms with E-state index in [0.717, 1.165) is 30.8 Å². The van der Waals surface area contributed by atoms with Crippen molar-refractivity contribution < 1.29 is 0 Å². The number of imidazole rings is 1. The SMILES string of the molecule is CCCC1CCC(CNCC(C)C)C(c2nccn2C)C1. The molecular weight excluding hydrogens is 258 g/mol. The van der Waals surface area contributed by atoms with E-state index in [4.69, 9.17) is 0 Å². The van der Waals surface area contributed by atoms with Crippen LogP contribution in [-0.4, -0.2) is 22.6 Å². The van der Waals surface area contributed by atoms with Gasteiger partial charge in [0.2, 0.25) is 0 Å². The fraction of sp³-hybridized carbons (Fsp3) is 0.833. The van der Waals surface area contributed by atoms with Crippen LogP contribution >= 0.6 is 0 Å². The summed E-state index contributed by atoms with van der Waals surface area (Å²) in [5.41, 5.74) is 0. The third-order valence-corrected chi connectivity index (χ3v) is 4.95. The molecular formula is C18H33N3. The van der Waals surface area contributed by atoms with Gasteiger partial charge in [-0.15, -0.1) is 0 Å². The zero-order valence-corrected chi connectivity index (χ0v) is 14.3. The maximum absolute atomic E-state index is 4.66. The summed E-state index contributed by atoms with van der Waals surface area (Å²) >= 11 is 0. The molecule has 0 saturated heterocycles. The number of nitrogens with one attached hydrogen (secondary N) is 1. The molecule has 1 aliphatic carbocycles. The second kappa shape index (κ2) is 7.98. The summed E-state index contributed by atoms with van der Waals surface area (Å²) in [7, 11) is 2.14. The van der Waals surface area contributed by atoms with E-state index in [-0.39, 0.29) is 0 Å². The van der Waals surface area contributed by atoms with E-state index in [9.17, 15) is 0 Å². The highest BCUT2D eigenvalue weighted by molar-refractivity contribution is 5.05. The van der Waals surface area contributed by atoms with Gasteiger partial charge >= 0.3 is 0 Å². The maximum Gasteiger partial charge on any atom is 0.111 e. The first-order valence-corrected chi connectivity index (χ1v) is 8.79. The first-order valence-electron chi connectivity index (χ1n) is 8.79. The van der Waals surface area contributed by atoms with Crippen molar-refractivity contribution in [2.45, 2.75) is 58.8 Å². The molecule has 0 amide bonds. The van der Waals surface area contributed by atoms with Crippen LogP contribution in [0.25, 0.3) is 0 Å². The van der Waals surface area contributed by atoms with Crippen LogP contribution in [0.4, 0.5) is 0 Å². The van der Waals surface area contributed by atoms with E-state index in [0.29, 0.717) is 5.92 Å². The van der Waals surface area contributed by atoms with Gasteiger partial charge in [0.1, 0.15) is 5.82 Å². The van der Waals surface area contributed by atoms with Crippen molar-refractivity contribution in [2.75, 3.05) is 13.1 Å². The van der Waals surface area contributed by atoms with Crippen molar-refractivity contribution in [1.29, 1.82) is 0 Å². The fourth-order valence-corrected chi connectivity index (χ4v) is 3.84. The lowest BCUT2D eigenvalue weighted by Crippen LogP contribution is -2.34. The summed E-state index contributed by atoms with van der Waals surface area (Å²) < 4.78 is 2.23. The van der Waals surface area contributed by atoms with E-state index in [2.05, 4.69) is 48.9 Å². The molecule has 21 heavy (non-hydrogen) atoms. The number of hydrogen-bond acceptors (Lipinski definition) is 2. The molecule has 120 valence electrons. The molecule has 3 nitrogen and oxygen atoms in total. The highest BCUT2D eigenvalue weighted by Crippen LogP contribution is 2.41. The van der Waals surface area contributed by atoms with Crippen LogP contribution in [0.3, 0.4) is 0 Å². The first kappa shape index (κ1) is 16.5. The topological polar surface area (TPSA) is 29.9 Å². The molecule has 1 aliphatic rings. The average molecular weight is 291 g/mol. The van der Waals surface area contributed by atoms with Gasteiger partial charge in [-0.2, -0.15) is 0 Å². The van der Waals surface area contributed by atoms with Crippen molar-refractivity contribution in [3.8, 4) is 0 Å². The van der Waals surface area contributed by atoms with Gasteiger partial charge in [-0.05, 0) is 43.7 Å². The van der Waals surface area contributed by atoms with Gasteiger partial charge in [-0.3, -0.25) is 0 Å². The van der Waals surface area contributed by atoms with Crippen LogP contribution in [0.1, 0.15) is 64.6 Å². The fourth-order valence-electron chi connectivity index (χ4n) is 3.84. The molecule has 1 aromatic rings. The maximum atomic E-state index is 4.66. The van der Waals surface area contributed by atoms with E-state index < -0.39 is 0 Å². The van der Waals surface area contributed by atoms with Crippen LogP contribution in [0.15, 0.2) is 12.4 Å². The predicted molar refractivity (Wildman–Crippen MR) is 89.4 cm³/mol. The van der Waals surface area contributed by atoms with Gasteiger partial charge in [-0.25, -0.2) is 4.98 Å². The Morgan fingerprint density at radius 1 is 1.38 bits per heavy atom. The molecule has 0 spiro atoms. The Hall–Kier alpha value is -0.830. The van der Waals surface area contributed by atoms with Crippen molar-refractivity contribution >= 4 is 0 Å². The molecule has 1 aromatic heterocycles. The smallest absolute Gasteiger partial charge is 0.111 e. The van der Waals surface area contributed by atoms with E-state index in [1.807, 2.05) is 6.20 Å². The van der Waals surface area contributed by atoms with Crippen LogP contribution in [0.2, 0.25) is 0 Å². The largest absolute Gasteiger partial charge is 0.338 e. The molecule has 0 bridgehead atoms. The Morgan fingerprint density at radius 2 is 2.19 bits per heavy atom. The standard InChI is InChI=1S/C18H33N3/c1-5-6-15-7-8-16(13-19-12-14(2)3)17(11-15)18-20-9-10-21(18)4/h9-10,14-17,19H,5-8,11-13H2,1-4H3. The molecule has 1 heterocycles. The van der Waals surface area contributed by atoms with Crippen molar-refractivity contribution in [3.63, 3.8) is 0 Å². The van der Waals surface area contributed by atoms with Crippen LogP contribution in [0, 0.1) is 17.8 Å². The predicted octanol–water partition coefficient (Wildman–Crippen LogP) is 3.97. The summed E-state index contributed by atoms with van der Waals surface area (Å²) in [5.74, 6) is 4.31. The summed E-state index contributed by atoms with van der Waals surface area (Å²) in [6.45, 7) is 9.14. The second-order valence-electron chi connectivity index (χ2n) is 7.28. The van der Waals surface area contributed by atoms with E-state index >= 15 is 0 Å². The minimum absolute atomic E-state index is 0.634. The molecule has 0 radical (unpaired) electrons. The third-order valence-electron chi connectivity index (χ3n) is 4.95. The van der Waals surface area contributed by atoms with Crippen molar-refractivity contribution in [2.24, 2.45) is 24.8 Å². The number of hydrogen-bond donors (Lipinski definition) is 1. The zero-order valence-electron chi connectivity index (χ0n) is 14.3.